The number of ether oxygens (including phenoxy) is 1. The van der Waals surface area contributed by atoms with Crippen LogP contribution in [0.3, 0.4) is 0 Å². The van der Waals surface area contributed by atoms with E-state index in [1.54, 1.807) is 0 Å². The maximum Gasteiger partial charge on any atom is 0.210 e. The molecule has 0 bridgehead atoms. The number of methoxy groups -OCH3 is 1. The molecule has 1 heterocycles. The van der Waals surface area contributed by atoms with Crippen LogP contribution in [-0.2, 0) is 0 Å². The van der Waals surface area contributed by atoms with Crippen molar-refractivity contribution in [3.8, 4) is 29.1 Å². The summed E-state index contributed by atoms with van der Waals surface area (Å²) in [5.74, 6) is 0.269. The predicted molar refractivity (Wildman–Crippen MR) is 73.0 cm³/mol. The number of hydrogen-bond donors (Lipinski definition) is 1. The van der Waals surface area contributed by atoms with E-state index < -0.39 is 0 Å². The lowest BCUT2D eigenvalue weighted by Gasteiger charge is -2.10. The third-order valence-electron chi connectivity index (χ3n) is 2.67. The fourth-order valence-corrected chi connectivity index (χ4v) is 2.08. The zero-order chi connectivity index (χ0) is 13.8. The molecular formula is C14H9N3OS. The topological polar surface area (TPSA) is 72.6 Å². The molecule has 1 aromatic heterocycles. The summed E-state index contributed by atoms with van der Waals surface area (Å²) < 4.78 is 5.39. The fraction of sp³-hybridized carbons (Fsp3) is 0.0714. The van der Waals surface area contributed by atoms with Gasteiger partial charge in [-0.05, 0) is 5.56 Å². The van der Waals surface area contributed by atoms with Crippen LogP contribution in [0.4, 0.5) is 0 Å². The van der Waals surface area contributed by atoms with Gasteiger partial charge in [-0.2, -0.15) is 10.5 Å². The number of aromatic nitrogens is 1. The van der Waals surface area contributed by atoms with Gasteiger partial charge in [-0.1, -0.05) is 42.5 Å². The normalized spacial score (nSPS) is 9.42. The molecule has 0 unspecified atom stereocenters. The highest BCUT2D eigenvalue weighted by Crippen LogP contribution is 2.32. The molecule has 1 aromatic carbocycles. The Bertz CT molecular complexity index is 751. The van der Waals surface area contributed by atoms with Crippen LogP contribution in [0.5, 0.6) is 5.88 Å². The van der Waals surface area contributed by atoms with E-state index in [-0.39, 0.29) is 21.6 Å². The van der Waals surface area contributed by atoms with E-state index in [1.807, 2.05) is 36.4 Å². The minimum absolute atomic E-state index is 0.261. The van der Waals surface area contributed by atoms with E-state index >= 15 is 0 Å². The van der Waals surface area contributed by atoms with E-state index in [2.05, 4.69) is 11.1 Å². The Morgan fingerprint density at radius 2 is 1.74 bits per heavy atom. The first-order valence-electron chi connectivity index (χ1n) is 5.42. The molecule has 2 aromatic rings. The van der Waals surface area contributed by atoms with Gasteiger partial charge in [0.05, 0.1) is 12.7 Å². The third-order valence-corrected chi connectivity index (χ3v) is 2.98. The van der Waals surface area contributed by atoms with Crippen LogP contribution >= 0.6 is 12.2 Å². The van der Waals surface area contributed by atoms with Crippen molar-refractivity contribution in [3.63, 3.8) is 0 Å². The SMILES string of the molecule is COc1[nH]c(=S)c(C#N)c(-c2ccccc2)c1C#N. The van der Waals surface area contributed by atoms with Crippen LogP contribution in [0.15, 0.2) is 30.3 Å². The molecule has 2 rings (SSSR count). The van der Waals surface area contributed by atoms with Gasteiger partial charge in [-0.25, -0.2) is 0 Å². The average Bonchev–Trinajstić information content (AvgIpc) is 2.46. The molecule has 0 amide bonds. The van der Waals surface area contributed by atoms with E-state index in [0.29, 0.717) is 5.56 Å². The highest BCUT2D eigenvalue weighted by atomic mass is 32.1. The predicted octanol–water partition coefficient (Wildman–Crippen LogP) is 3.16. The van der Waals surface area contributed by atoms with E-state index in [9.17, 15) is 10.5 Å². The second kappa shape index (κ2) is 5.34. The lowest BCUT2D eigenvalue weighted by atomic mass is 9.97. The van der Waals surface area contributed by atoms with Gasteiger partial charge in [0.2, 0.25) is 5.88 Å². The van der Waals surface area contributed by atoms with Gasteiger partial charge in [0.25, 0.3) is 0 Å². The second-order valence-electron chi connectivity index (χ2n) is 3.70. The molecule has 0 aliphatic heterocycles. The zero-order valence-electron chi connectivity index (χ0n) is 10.1. The van der Waals surface area contributed by atoms with Gasteiger partial charge >= 0.3 is 0 Å². The highest BCUT2D eigenvalue weighted by Gasteiger charge is 2.17. The van der Waals surface area contributed by atoms with E-state index in [1.165, 1.54) is 7.11 Å². The lowest BCUT2D eigenvalue weighted by molar-refractivity contribution is 0.396. The molecule has 0 saturated heterocycles. The number of benzene rings is 1. The highest BCUT2D eigenvalue weighted by molar-refractivity contribution is 7.71. The summed E-state index contributed by atoms with van der Waals surface area (Å²) in [7, 11) is 1.45. The number of H-pyrrole nitrogens is 1. The van der Waals surface area contributed by atoms with Crippen LogP contribution in [-0.4, -0.2) is 12.1 Å². The van der Waals surface area contributed by atoms with Gasteiger partial charge in [0.15, 0.2) is 0 Å². The first kappa shape index (κ1) is 12.8. The maximum absolute atomic E-state index is 9.31. The Morgan fingerprint density at radius 1 is 1.11 bits per heavy atom. The Morgan fingerprint density at radius 3 is 2.26 bits per heavy atom. The molecule has 19 heavy (non-hydrogen) atoms. The van der Waals surface area contributed by atoms with Crippen LogP contribution in [0, 0.1) is 27.3 Å². The largest absolute Gasteiger partial charge is 0.481 e. The van der Waals surface area contributed by atoms with Crippen LogP contribution in [0.1, 0.15) is 11.1 Å². The van der Waals surface area contributed by atoms with E-state index in [0.717, 1.165) is 5.56 Å². The summed E-state index contributed by atoms with van der Waals surface area (Å²) in [5, 5.41) is 18.6. The number of nitrogens with zero attached hydrogens (tertiary/aromatic N) is 2. The minimum atomic E-state index is 0.261. The van der Waals surface area contributed by atoms with Gasteiger partial charge in [-0.3, -0.25) is 0 Å². The standard InChI is InChI=1S/C14H9N3OS/c1-18-13-10(7-15)12(9-5-3-2-4-6-9)11(8-16)14(19)17-13/h2-6H,1H3,(H,17,19). The lowest BCUT2D eigenvalue weighted by Crippen LogP contribution is -1.99. The summed E-state index contributed by atoms with van der Waals surface area (Å²) in [6.07, 6.45) is 0. The summed E-state index contributed by atoms with van der Waals surface area (Å²) in [4.78, 5) is 2.75. The quantitative estimate of drug-likeness (QED) is 0.848. The first-order valence-corrected chi connectivity index (χ1v) is 5.83. The molecule has 0 aliphatic rings. The molecule has 4 nitrogen and oxygen atoms in total. The van der Waals surface area contributed by atoms with Gasteiger partial charge in [0.1, 0.15) is 22.3 Å². The molecule has 0 aliphatic carbocycles. The summed E-state index contributed by atoms with van der Waals surface area (Å²) in [6.45, 7) is 0. The number of nitrogens with one attached hydrogen (secondary N) is 1. The number of rotatable bonds is 2. The third kappa shape index (κ3) is 2.20. The van der Waals surface area contributed by atoms with Crippen molar-refractivity contribution in [1.82, 2.24) is 4.98 Å². The smallest absolute Gasteiger partial charge is 0.210 e. The Kier molecular flexibility index (Phi) is 3.61. The molecule has 0 fully saturated rings. The molecule has 5 heteroatoms. The van der Waals surface area contributed by atoms with Crippen molar-refractivity contribution < 1.29 is 4.74 Å². The minimum Gasteiger partial charge on any atom is -0.481 e. The molecule has 0 saturated carbocycles. The number of aromatic amines is 1. The van der Waals surface area contributed by atoms with Crippen LogP contribution in [0.2, 0.25) is 0 Å². The molecular weight excluding hydrogens is 258 g/mol. The van der Waals surface area contributed by atoms with Crippen molar-refractivity contribution in [2.24, 2.45) is 0 Å². The molecule has 0 atom stereocenters. The fourth-order valence-electron chi connectivity index (χ4n) is 1.84. The van der Waals surface area contributed by atoms with Crippen molar-refractivity contribution in [2.45, 2.75) is 0 Å². The summed E-state index contributed by atoms with van der Waals surface area (Å²) >= 11 is 5.13. The zero-order valence-corrected chi connectivity index (χ0v) is 10.9. The van der Waals surface area contributed by atoms with Crippen molar-refractivity contribution >= 4 is 12.2 Å². The molecule has 1 N–H and O–H groups in total. The number of nitriles is 2. The summed E-state index contributed by atoms with van der Waals surface area (Å²) in [6, 6.07) is 13.3. The van der Waals surface area contributed by atoms with Gasteiger partial charge in [0, 0.05) is 5.56 Å². The van der Waals surface area contributed by atoms with Crippen LogP contribution in [0.25, 0.3) is 11.1 Å². The Balaban J connectivity index is 2.93. The summed E-state index contributed by atoms with van der Waals surface area (Å²) in [5.41, 5.74) is 1.82. The Hall–Kier alpha value is -2.63. The number of hydrogen-bond acceptors (Lipinski definition) is 4. The molecule has 0 spiro atoms. The Labute approximate surface area is 115 Å². The second-order valence-corrected chi connectivity index (χ2v) is 4.11. The van der Waals surface area contributed by atoms with Crippen molar-refractivity contribution in [2.75, 3.05) is 7.11 Å². The monoisotopic (exact) mass is 267 g/mol. The van der Waals surface area contributed by atoms with Gasteiger partial charge in [-0.15, -0.1) is 0 Å². The molecule has 92 valence electrons. The first-order chi connectivity index (χ1) is 9.22. The average molecular weight is 267 g/mol. The van der Waals surface area contributed by atoms with Crippen LogP contribution < -0.4 is 4.74 Å². The van der Waals surface area contributed by atoms with Gasteiger partial charge < -0.3 is 9.72 Å². The molecule has 0 radical (unpaired) electrons. The van der Waals surface area contributed by atoms with Crippen molar-refractivity contribution in [1.29, 1.82) is 10.5 Å². The number of pyridine rings is 1. The van der Waals surface area contributed by atoms with E-state index in [4.69, 9.17) is 17.0 Å². The van der Waals surface area contributed by atoms with Crippen molar-refractivity contribution in [3.05, 3.63) is 46.1 Å². The maximum atomic E-state index is 9.31.